The van der Waals surface area contributed by atoms with Crippen molar-refractivity contribution in [3.8, 4) is 0 Å². The van der Waals surface area contributed by atoms with Crippen molar-refractivity contribution < 1.29 is 14.3 Å². The highest BCUT2D eigenvalue weighted by Gasteiger charge is 2.49. The standard InChI is InChI=1S/C16H29NO3/c1-4-19-15(18)16(17-13-5-6-13)9-7-14(11-16)20-10-8-12(2)3/h12-14,17H,4-11H2,1-3H3. The second-order valence-corrected chi connectivity index (χ2v) is 6.64. The first-order valence-corrected chi connectivity index (χ1v) is 8.12. The first-order chi connectivity index (χ1) is 9.55. The molecule has 0 radical (unpaired) electrons. The molecule has 4 nitrogen and oxygen atoms in total. The molecule has 2 unspecified atom stereocenters. The fraction of sp³-hybridized carbons (Fsp3) is 0.938. The van der Waals surface area contributed by atoms with Crippen LogP contribution < -0.4 is 5.32 Å². The monoisotopic (exact) mass is 283 g/mol. The zero-order valence-electron chi connectivity index (χ0n) is 13.1. The second-order valence-electron chi connectivity index (χ2n) is 6.64. The van der Waals surface area contributed by atoms with Crippen LogP contribution in [0.15, 0.2) is 0 Å². The Labute approximate surface area is 122 Å². The number of hydrogen-bond acceptors (Lipinski definition) is 4. The van der Waals surface area contributed by atoms with Crippen molar-refractivity contribution in [3.05, 3.63) is 0 Å². The van der Waals surface area contributed by atoms with E-state index in [0.29, 0.717) is 18.6 Å². The lowest BCUT2D eigenvalue weighted by atomic mass is 9.97. The Morgan fingerprint density at radius 2 is 2.10 bits per heavy atom. The summed E-state index contributed by atoms with van der Waals surface area (Å²) in [7, 11) is 0. The molecule has 0 bridgehead atoms. The van der Waals surface area contributed by atoms with Crippen molar-refractivity contribution in [2.45, 2.75) is 77.0 Å². The molecule has 0 amide bonds. The molecule has 0 aromatic carbocycles. The number of nitrogens with one attached hydrogen (secondary N) is 1. The van der Waals surface area contributed by atoms with Crippen LogP contribution in [0.1, 0.15) is 59.3 Å². The summed E-state index contributed by atoms with van der Waals surface area (Å²) in [5.41, 5.74) is -0.486. The second kappa shape index (κ2) is 6.90. The summed E-state index contributed by atoms with van der Waals surface area (Å²) in [5.74, 6) is 0.581. The topological polar surface area (TPSA) is 47.6 Å². The highest BCUT2D eigenvalue weighted by Crippen LogP contribution is 2.36. The van der Waals surface area contributed by atoms with Gasteiger partial charge in [-0.1, -0.05) is 13.8 Å². The van der Waals surface area contributed by atoms with Crippen molar-refractivity contribution in [1.82, 2.24) is 5.32 Å². The third-order valence-electron chi connectivity index (χ3n) is 4.24. The van der Waals surface area contributed by atoms with Crippen molar-refractivity contribution >= 4 is 5.97 Å². The van der Waals surface area contributed by atoms with Crippen molar-refractivity contribution in [2.24, 2.45) is 5.92 Å². The molecule has 2 aliphatic carbocycles. The quantitative estimate of drug-likeness (QED) is 0.696. The molecule has 116 valence electrons. The average Bonchev–Trinajstić information content (AvgIpc) is 3.09. The summed E-state index contributed by atoms with van der Waals surface area (Å²) in [6.45, 7) is 7.52. The van der Waals surface area contributed by atoms with Gasteiger partial charge in [-0.2, -0.15) is 0 Å². The lowest BCUT2D eigenvalue weighted by Crippen LogP contribution is -2.52. The van der Waals surface area contributed by atoms with E-state index < -0.39 is 5.54 Å². The fourth-order valence-electron chi connectivity index (χ4n) is 2.88. The van der Waals surface area contributed by atoms with Crippen LogP contribution in [-0.4, -0.2) is 36.9 Å². The fourth-order valence-corrected chi connectivity index (χ4v) is 2.88. The molecule has 0 heterocycles. The highest BCUT2D eigenvalue weighted by atomic mass is 16.5. The van der Waals surface area contributed by atoms with Crippen LogP contribution in [-0.2, 0) is 14.3 Å². The smallest absolute Gasteiger partial charge is 0.326 e. The van der Waals surface area contributed by atoms with Gasteiger partial charge in [-0.25, -0.2) is 0 Å². The number of hydrogen-bond donors (Lipinski definition) is 1. The summed E-state index contributed by atoms with van der Waals surface area (Å²) in [5, 5.41) is 3.53. The molecular weight excluding hydrogens is 254 g/mol. The van der Waals surface area contributed by atoms with Crippen LogP contribution in [0.4, 0.5) is 0 Å². The van der Waals surface area contributed by atoms with Gasteiger partial charge in [0.2, 0.25) is 0 Å². The summed E-state index contributed by atoms with van der Waals surface area (Å²) in [6, 6.07) is 0.508. The van der Waals surface area contributed by atoms with Gasteiger partial charge in [-0.3, -0.25) is 10.1 Å². The maximum absolute atomic E-state index is 12.3. The van der Waals surface area contributed by atoms with E-state index >= 15 is 0 Å². The van der Waals surface area contributed by atoms with Crippen LogP contribution >= 0.6 is 0 Å². The van der Waals surface area contributed by atoms with Gasteiger partial charge in [0.05, 0.1) is 12.7 Å². The average molecular weight is 283 g/mol. The van der Waals surface area contributed by atoms with E-state index in [1.807, 2.05) is 6.92 Å². The van der Waals surface area contributed by atoms with Gasteiger partial charge in [-0.15, -0.1) is 0 Å². The largest absolute Gasteiger partial charge is 0.465 e. The van der Waals surface area contributed by atoms with Crippen LogP contribution in [0.5, 0.6) is 0 Å². The Hall–Kier alpha value is -0.610. The van der Waals surface area contributed by atoms with E-state index in [2.05, 4.69) is 19.2 Å². The van der Waals surface area contributed by atoms with E-state index in [-0.39, 0.29) is 12.1 Å². The molecule has 0 saturated heterocycles. The van der Waals surface area contributed by atoms with E-state index in [4.69, 9.17) is 9.47 Å². The van der Waals surface area contributed by atoms with Crippen molar-refractivity contribution in [3.63, 3.8) is 0 Å². The highest BCUT2D eigenvalue weighted by molar-refractivity contribution is 5.81. The van der Waals surface area contributed by atoms with Crippen molar-refractivity contribution in [2.75, 3.05) is 13.2 Å². The number of rotatable bonds is 8. The molecule has 0 spiro atoms. The summed E-state index contributed by atoms with van der Waals surface area (Å²) in [6.07, 6.45) is 6.20. The molecule has 0 aromatic rings. The normalized spacial score (nSPS) is 29.9. The number of esters is 1. The number of carbonyl (C=O) groups is 1. The maximum atomic E-state index is 12.3. The van der Waals surface area contributed by atoms with E-state index in [0.717, 1.165) is 32.3 Å². The Morgan fingerprint density at radius 3 is 2.70 bits per heavy atom. The molecule has 0 aromatic heterocycles. The minimum atomic E-state index is -0.486. The number of carbonyl (C=O) groups excluding carboxylic acids is 1. The SMILES string of the molecule is CCOC(=O)C1(NC2CC2)CCC(OCCC(C)C)C1. The van der Waals surface area contributed by atoms with Crippen LogP contribution in [0.3, 0.4) is 0 Å². The Bertz CT molecular complexity index is 328. The van der Waals surface area contributed by atoms with Crippen LogP contribution in [0.2, 0.25) is 0 Å². The van der Waals surface area contributed by atoms with Gasteiger partial charge in [0, 0.05) is 19.1 Å². The maximum Gasteiger partial charge on any atom is 0.326 e. The molecule has 20 heavy (non-hydrogen) atoms. The van der Waals surface area contributed by atoms with Gasteiger partial charge in [0.1, 0.15) is 5.54 Å². The summed E-state index contributed by atoms with van der Waals surface area (Å²) in [4.78, 5) is 12.3. The van der Waals surface area contributed by atoms with E-state index in [1.54, 1.807) is 0 Å². The molecule has 4 heteroatoms. The Kier molecular flexibility index (Phi) is 5.44. The lowest BCUT2D eigenvalue weighted by Gasteiger charge is -2.28. The zero-order chi connectivity index (χ0) is 14.6. The minimum Gasteiger partial charge on any atom is -0.465 e. The molecule has 2 saturated carbocycles. The summed E-state index contributed by atoms with van der Waals surface area (Å²) < 4.78 is 11.2. The van der Waals surface area contributed by atoms with Gasteiger partial charge < -0.3 is 9.47 Å². The van der Waals surface area contributed by atoms with Gasteiger partial charge >= 0.3 is 5.97 Å². The van der Waals surface area contributed by atoms with Crippen LogP contribution in [0, 0.1) is 5.92 Å². The molecule has 2 aliphatic rings. The zero-order valence-corrected chi connectivity index (χ0v) is 13.1. The van der Waals surface area contributed by atoms with Gasteiger partial charge in [-0.05, 0) is 44.9 Å². The molecule has 2 fully saturated rings. The third-order valence-corrected chi connectivity index (χ3v) is 4.24. The van der Waals surface area contributed by atoms with Gasteiger partial charge in [0.15, 0.2) is 0 Å². The molecule has 0 aliphatic heterocycles. The van der Waals surface area contributed by atoms with Crippen LogP contribution in [0.25, 0.3) is 0 Å². The predicted molar refractivity (Wildman–Crippen MR) is 78.6 cm³/mol. The van der Waals surface area contributed by atoms with E-state index in [9.17, 15) is 4.79 Å². The van der Waals surface area contributed by atoms with E-state index in [1.165, 1.54) is 12.8 Å². The first kappa shape index (κ1) is 15.8. The minimum absolute atomic E-state index is 0.0816. The molecule has 1 N–H and O–H groups in total. The molecule has 2 atom stereocenters. The molecule has 2 rings (SSSR count). The third kappa shape index (κ3) is 4.19. The van der Waals surface area contributed by atoms with Gasteiger partial charge in [0.25, 0.3) is 0 Å². The summed E-state index contributed by atoms with van der Waals surface area (Å²) >= 11 is 0. The lowest BCUT2D eigenvalue weighted by molar-refractivity contribution is -0.151. The number of ether oxygens (including phenoxy) is 2. The Balaban J connectivity index is 1.87. The predicted octanol–water partition coefficient (Wildman–Crippen LogP) is 2.66. The first-order valence-electron chi connectivity index (χ1n) is 8.12. The van der Waals surface area contributed by atoms with Crippen molar-refractivity contribution in [1.29, 1.82) is 0 Å². The Morgan fingerprint density at radius 1 is 1.35 bits per heavy atom. The molecular formula is C16H29NO3.